The predicted octanol–water partition coefficient (Wildman–Crippen LogP) is 11.7. The first kappa shape index (κ1) is 36.2. The lowest BCUT2D eigenvalue weighted by molar-refractivity contribution is -0.0765. The number of anilines is 2. The normalized spacial score (nSPS) is 18.7. The maximum Gasteiger partial charge on any atom is 0.0728 e. The number of hydrogen-bond acceptors (Lipinski definition) is 4. The molecular formula is C48H58N2O2. The van der Waals surface area contributed by atoms with E-state index in [0.717, 1.165) is 110 Å². The van der Waals surface area contributed by atoms with Gasteiger partial charge in [-0.3, -0.25) is 0 Å². The number of fused-ring (bicyclic) bond motifs is 4. The summed E-state index contributed by atoms with van der Waals surface area (Å²) < 4.78 is 0. The van der Waals surface area contributed by atoms with Crippen molar-refractivity contribution in [3.63, 3.8) is 0 Å². The second-order valence-corrected chi connectivity index (χ2v) is 15.1. The summed E-state index contributed by atoms with van der Waals surface area (Å²) in [6, 6.07) is 34.9. The van der Waals surface area contributed by atoms with Crippen molar-refractivity contribution in [3.05, 3.63) is 108 Å². The first-order chi connectivity index (χ1) is 25.5. The van der Waals surface area contributed by atoms with Crippen LogP contribution in [0.4, 0.5) is 11.4 Å². The van der Waals surface area contributed by atoms with Crippen molar-refractivity contribution >= 4 is 54.5 Å². The van der Waals surface area contributed by atoms with Gasteiger partial charge in [0.25, 0.3) is 0 Å². The van der Waals surface area contributed by atoms with Gasteiger partial charge in [0.1, 0.15) is 0 Å². The largest absolute Gasteiger partial charge is 0.392 e. The number of rotatable bonds is 16. The number of hydrogen-bond donors (Lipinski definition) is 2. The fourth-order valence-corrected chi connectivity index (χ4v) is 9.13. The van der Waals surface area contributed by atoms with Crippen LogP contribution in [-0.4, -0.2) is 48.6 Å². The summed E-state index contributed by atoms with van der Waals surface area (Å²) >= 11 is 0. The third-order valence-electron chi connectivity index (χ3n) is 11.8. The van der Waals surface area contributed by atoms with Gasteiger partial charge in [0.15, 0.2) is 0 Å². The van der Waals surface area contributed by atoms with Gasteiger partial charge in [-0.05, 0) is 58.4 Å². The Bertz CT molecular complexity index is 1850. The lowest BCUT2D eigenvalue weighted by atomic mass is 9.60. The molecule has 272 valence electrons. The van der Waals surface area contributed by atoms with Gasteiger partial charge in [-0.2, -0.15) is 0 Å². The van der Waals surface area contributed by atoms with E-state index in [-0.39, 0.29) is 0 Å². The van der Waals surface area contributed by atoms with Crippen molar-refractivity contribution in [1.82, 2.24) is 0 Å². The molecule has 7 rings (SSSR count). The molecule has 1 aliphatic rings. The van der Waals surface area contributed by atoms with Gasteiger partial charge < -0.3 is 20.0 Å². The maximum atomic E-state index is 12.5. The molecule has 52 heavy (non-hydrogen) atoms. The summed E-state index contributed by atoms with van der Waals surface area (Å²) in [4.78, 5) is 5.20. The molecular weight excluding hydrogens is 637 g/mol. The molecule has 1 fully saturated rings. The zero-order valence-electron chi connectivity index (χ0n) is 31.8. The molecule has 0 spiro atoms. The Morgan fingerprint density at radius 1 is 0.385 bits per heavy atom. The van der Waals surface area contributed by atoms with Crippen LogP contribution in [0.5, 0.6) is 0 Å². The molecule has 0 heterocycles. The summed E-state index contributed by atoms with van der Waals surface area (Å²) in [6.07, 6.45) is 7.71. The first-order valence-electron chi connectivity index (χ1n) is 20.3. The summed E-state index contributed by atoms with van der Waals surface area (Å²) in [6.45, 7) is 13.1. The number of nitrogens with zero attached hydrogens (tertiary/aromatic N) is 2. The minimum Gasteiger partial charge on any atom is -0.392 e. The quantitative estimate of drug-likeness (QED) is 0.0990. The van der Waals surface area contributed by atoms with Crippen LogP contribution in [0.3, 0.4) is 0 Å². The summed E-state index contributed by atoms with van der Waals surface area (Å²) in [7, 11) is 0. The van der Waals surface area contributed by atoms with Crippen molar-refractivity contribution in [2.24, 2.45) is 0 Å². The monoisotopic (exact) mass is 694 g/mol. The van der Waals surface area contributed by atoms with E-state index in [4.69, 9.17) is 0 Å². The second-order valence-electron chi connectivity index (χ2n) is 15.1. The van der Waals surface area contributed by atoms with E-state index in [2.05, 4.69) is 135 Å². The molecule has 0 radical (unpaired) electrons. The lowest BCUT2D eigenvalue weighted by Gasteiger charge is -2.48. The standard InChI is InChI=1S/C48H58N2O2/c1-5-9-29-49(30-10-6-2)45-37-25-17-13-21-33(37)41(34-22-14-18-26-38(34)45)43-47(51)44(48(43)52)42-35-23-15-19-27-39(35)46(40-28-20-16-24-36(40)42)50(31-11-7-3)32-12-8-4/h13-28,43-44,47-48,51-52H,5-12,29-32H2,1-4H3. The van der Waals surface area contributed by atoms with E-state index < -0.39 is 24.0 Å². The van der Waals surface area contributed by atoms with Crippen LogP contribution in [0.2, 0.25) is 0 Å². The minimum absolute atomic E-state index is 0.406. The fraction of sp³-hybridized carbons (Fsp3) is 0.417. The van der Waals surface area contributed by atoms with E-state index in [1.807, 2.05) is 0 Å². The SMILES string of the molecule is CCCCN(CCCC)c1c2ccccc2c(C2C(O)C(c3c4ccccc4c(N(CCCC)CCCC)c4ccccc34)C2O)c2ccccc12. The Morgan fingerprint density at radius 3 is 0.846 bits per heavy atom. The molecule has 4 nitrogen and oxygen atoms in total. The Labute approximate surface area is 311 Å². The summed E-state index contributed by atoms with van der Waals surface area (Å²) in [5.74, 6) is -0.812. The van der Waals surface area contributed by atoms with Crippen molar-refractivity contribution < 1.29 is 10.2 Å². The molecule has 0 unspecified atom stereocenters. The molecule has 0 amide bonds. The molecule has 2 N–H and O–H groups in total. The van der Waals surface area contributed by atoms with E-state index in [1.165, 1.54) is 32.9 Å². The molecule has 0 aromatic heterocycles. The van der Waals surface area contributed by atoms with Crippen LogP contribution in [0, 0.1) is 0 Å². The van der Waals surface area contributed by atoms with Gasteiger partial charge in [0, 0.05) is 59.6 Å². The Kier molecular flexibility index (Phi) is 11.3. The highest BCUT2D eigenvalue weighted by molar-refractivity contribution is 6.16. The third-order valence-corrected chi connectivity index (χ3v) is 11.8. The summed E-state index contributed by atoms with van der Waals surface area (Å²) in [5.41, 5.74) is 4.74. The van der Waals surface area contributed by atoms with E-state index >= 15 is 0 Å². The van der Waals surface area contributed by atoms with Gasteiger partial charge in [0.05, 0.1) is 23.6 Å². The van der Waals surface area contributed by atoms with Crippen LogP contribution in [0.1, 0.15) is 102 Å². The zero-order valence-corrected chi connectivity index (χ0v) is 31.8. The van der Waals surface area contributed by atoms with Crippen molar-refractivity contribution in [3.8, 4) is 0 Å². The topological polar surface area (TPSA) is 46.9 Å². The van der Waals surface area contributed by atoms with Crippen LogP contribution >= 0.6 is 0 Å². The number of aliphatic hydroxyl groups is 2. The van der Waals surface area contributed by atoms with Crippen molar-refractivity contribution in [1.29, 1.82) is 0 Å². The zero-order chi connectivity index (χ0) is 36.2. The van der Waals surface area contributed by atoms with Crippen LogP contribution in [-0.2, 0) is 0 Å². The summed E-state index contributed by atoms with van der Waals surface area (Å²) in [5, 5.41) is 34.5. The van der Waals surface area contributed by atoms with Gasteiger partial charge in [0.2, 0.25) is 0 Å². The lowest BCUT2D eigenvalue weighted by Crippen LogP contribution is -2.52. The van der Waals surface area contributed by atoms with Gasteiger partial charge >= 0.3 is 0 Å². The molecule has 0 aliphatic heterocycles. The Hall–Kier alpha value is -4.12. The molecule has 1 aliphatic carbocycles. The predicted molar refractivity (Wildman–Crippen MR) is 224 cm³/mol. The average molecular weight is 695 g/mol. The fourth-order valence-electron chi connectivity index (χ4n) is 9.13. The minimum atomic E-state index is -0.738. The van der Waals surface area contributed by atoms with E-state index in [0.29, 0.717) is 0 Å². The van der Waals surface area contributed by atoms with Gasteiger partial charge in [-0.1, -0.05) is 150 Å². The van der Waals surface area contributed by atoms with E-state index in [1.54, 1.807) is 0 Å². The van der Waals surface area contributed by atoms with Gasteiger partial charge in [-0.15, -0.1) is 0 Å². The first-order valence-corrected chi connectivity index (χ1v) is 20.3. The molecule has 6 aromatic carbocycles. The Morgan fingerprint density at radius 2 is 0.615 bits per heavy atom. The molecule has 0 saturated heterocycles. The number of benzene rings is 6. The average Bonchev–Trinajstić information content (AvgIpc) is 3.18. The second kappa shape index (κ2) is 16.3. The smallest absolute Gasteiger partial charge is 0.0728 e. The highest BCUT2D eigenvalue weighted by Crippen LogP contribution is 2.56. The maximum absolute atomic E-state index is 12.5. The highest BCUT2D eigenvalue weighted by Gasteiger charge is 2.52. The molecule has 6 aromatic rings. The molecule has 4 heteroatoms. The van der Waals surface area contributed by atoms with Crippen LogP contribution in [0.25, 0.3) is 43.1 Å². The van der Waals surface area contributed by atoms with Crippen LogP contribution in [0.15, 0.2) is 97.1 Å². The van der Waals surface area contributed by atoms with E-state index in [9.17, 15) is 10.2 Å². The molecule has 1 saturated carbocycles. The van der Waals surface area contributed by atoms with Crippen molar-refractivity contribution in [2.45, 2.75) is 103 Å². The highest BCUT2D eigenvalue weighted by atomic mass is 16.3. The number of unbranched alkanes of at least 4 members (excludes halogenated alkanes) is 4. The molecule has 0 atom stereocenters. The number of aliphatic hydroxyl groups excluding tert-OH is 2. The van der Waals surface area contributed by atoms with Crippen molar-refractivity contribution in [2.75, 3.05) is 36.0 Å². The molecule has 0 bridgehead atoms. The van der Waals surface area contributed by atoms with Crippen LogP contribution < -0.4 is 9.80 Å². The third kappa shape index (κ3) is 6.43. The van der Waals surface area contributed by atoms with Gasteiger partial charge in [-0.25, -0.2) is 0 Å². The Balaban J connectivity index is 1.39.